The van der Waals surface area contributed by atoms with Crippen molar-refractivity contribution in [3.63, 3.8) is 0 Å². The van der Waals surface area contributed by atoms with Crippen molar-refractivity contribution >= 4 is 12.0 Å². The number of nitrogens with one attached hydrogen (secondary N) is 1. The van der Waals surface area contributed by atoms with Crippen LogP contribution in [0.15, 0.2) is 24.3 Å². The first-order chi connectivity index (χ1) is 11.8. The van der Waals surface area contributed by atoms with E-state index in [1.807, 2.05) is 39.0 Å². The molecule has 2 rings (SSSR count). The number of ether oxygens (including phenoxy) is 2. The van der Waals surface area contributed by atoms with E-state index in [-0.39, 0.29) is 18.0 Å². The number of hydrogen-bond donors (Lipinski definition) is 1. The fraction of sp³-hybridized carbons (Fsp3) is 0.579. The Bertz CT molecular complexity index is 610. The van der Waals surface area contributed by atoms with E-state index in [9.17, 15) is 9.59 Å². The van der Waals surface area contributed by atoms with Gasteiger partial charge >= 0.3 is 6.09 Å². The van der Waals surface area contributed by atoms with Gasteiger partial charge in [0.15, 0.2) is 0 Å². The molecule has 1 atom stereocenters. The summed E-state index contributed by atoms with van der Waals surface area (Å²) in [4.78, 5) is 26.5. The number of likely N-dealkylation sites (tertiary alicyclic amines) is 1. The van der Waals surface area contributed by atoms with Gasteiger partial charge in [-0.05, 0) is 45.2 Å². The molecular weight excluding hydrogens is 320 g/mol. The maximum Gasteiger partial charge on any atom is 0.410 e. The first-order valence-corrected chi connectivity index (χ1v) is 8.66. The van der Waals surface area contributed by atoms with Crippen LogP contribution < -0.4 is 5.32 Å². The second kappa shape index (κ2) is 8.34. The van der Waals surface area contributed by atoms with Gasteiger partial charge in [-0.2, -0.15) is 0 Å². The molecule has 0 aliphatic carbocycles. The van der Waals surface area contributed by atoms with Crippen molar-refractivity contribution in [2.45, 2.75) is 51.9 Å². The molecule has 0 spiro atoms. The second-order valence-electron chi connectivity index (χ2n) is 7.27. The highest BCUT2D eigenvalue weighted by molar-refractivity contribution is 5.95. The molecule has 1 saturated heterocycles. The van der Waals surface area contributed by atoms with Crippen LogP contribution in [0.25, 0.3) is 0 Å². The van der Waals surface area contributed by atoms with E-state index in [0.29, 0.717) is 25.3 Å². The fourth-order valence-corrected chi connectivity index (χ4v) is 2.94. The van der Waals surface area contributed by atoms with Gasteiger partial charge in [-0.15, -0.1) is 0 Å². The SMILES string of the molecule is COCc1ccccc1C(=O)NCC1CCCN1C(=O)OC(C)(C)C. The molecule has 6 nitrogen and oxygen atoms in total. The van der Waals surface area contributed by atoms with Crippen LogP contribution in [0.4, 0.5) is 4.79 Å². The van der Waals surface area contributed by atoms with E-state index in [1.54, 1.807) is 18.1 Å². The van der Waals surface area contributed by atoms with Crippen molar-refractivity contribution < 1.29 is 19.1 Å². The molecule has 1 aliphatic rings. The maximum absolute atomic E-state index is 12.5. The largest absolute Gasteiger partial charge is 0.444 e. The molecule has 25 heavy (non-hydrogen) atoms. The smallest absolute Gasteiger partial charge is 0.410 e. The summed E-state index contributed by atoms with van der Waals surface area (Å²) in [5.41, 5.74) is 0.927. The van der Waals surface area contributed by atoms with Gasteiger partial charge in [0.25, 0.3) is 5.91 Å². The Kier molecular flexibility index (Phi) is 6.42. The number of benzene rings is 1. The van der Waals surface area contributed by atoms with Gasteiger partial charge in [0.1, 0.15) is 5.60 Å². The van der Waals surface area contributed by atoms with Gasteiger partial charge in [-0.1, -0.05) is 18.2 Å². The number of hydrogen-bond acceptors (Lipinski definition) is 4. The van der Waals surface area contributed by atoms with E-state index >= 15 is 0 Å². The molecule has 1 heterocycles. The van der Waals surface area contributed by atoms with E-state index in [1.165, 1.54) is 0 Å². The molecule has 1 N–H and O–H groups in total. The summed E-state index contributed by atoms with van der Waals surface area (Å²) < 4.78 is 10.6. The third-order valence-electron chi connectivity index (χ3n) is 4.07. The van der Waals surface area contributed by atoms with Gasteiger partial charge in [-0.25, -0.2) is 4.79 Å². The molecule has 138 valence electrons. The van der Waals surface area contributed by atoms with E-state index in [4.69, 9.17) is 9.47 Å². The number of amides is 2. The number of carbonyl (C=O) groups is 2. The average Bonchev–Trinajstić information content (AvgIpc) is 3.00. The summed E-state index contributed by atoms with van der Waals surface area (Å²) in [5, 5.41) is 2.94. The van der Waals surface area contributed by atoms with Crippen molar-refractivity contribution in [2.24, 2.45) is 0 Å². The molecule has 1 fully saturated rings. The van der Waals surface area contributed by atoms with Crippen LogP contribution in [0.3, 0.4) is 0 Å². The molecule has 2 amide bonds. The van der Waals surface area contributed by atoms with Gasteiger partial charge in [-0.3, -0.25) is 4.79 Å². The minimum absolute atomic E-state index is 0.0339. The lowest BCUT2D eigenvalue weighted by Gasteiger charge is -2.28. The lowest BCUT2D eigenvalue weighted by atomic mass is 10.1. The molecule has 1 aliphatic heterocycles. The molecule has 1 unspecified atom stereocenters. The lowest BCUT2D eigenvalue weighted by Crippen LogP contribution is -2.45. The maximum atomic E-state index is 12.5. The normalized spacial score (nSPS) is 17.4. The molecule has 0 saturated carbocycles. The van der Waals surface area contributed by atoms with Crippen molar-refractivity contribution in [1.29, 1.82) is 0 Å². The third kappa shape index (κ3) is 5.46. The number of nitrogens with zero attached hydrogens (tertiary/aromatic N) is 1. The predicted octanol–water partition coefficient (Wildman–Crippen LogP) is 2.96. The summed E-state index contributed by atoms with van der Waals surface area (Å²) in [6.45, 7) is 7.02. The fourth-order valence-electron chi connectivity index (χ4n) is 2.94. The van der Waals surface area contributed by atoms with E-state index < -0.39 is 5.60 Å². The summed E-state index contributed by atoms with van der Waals surface area (Å²) >= 11 is 0. The lowest BCUT2D eigenvalue weighted by molar-refractivity contribution is 0.0225. The van der Waals surface area contributed by atoms with Gasteiger partial charge in [0, 0.05) is 25.8 Å². The zero-order valence-corrected chi connectivity index (χ0v) is 15.5. The molecular formula is C19H28N2O4. The Morgan fingerprint density at radius 1 is 1.28 bits per heavy atom. The molecule has 0 radical (unpaired) electrons. The summed E-state index contributed by atoms with van der Waals surface area (Å²) in [7, 11) is 1.60. The quantitative estimate of drug-likeness (QED) is 0.888. The Balaban J connectivity index is 1.96. The molecule has 1 aromatic rings. The third-order valence-corrected chi connectivity index (χ3v) is 4.07. The number of rotatable bonds is 5. The highest BCUT2D eigenvalue weighted by atomic mass is 16.6. The van der Waals surface area contributed by atoms with Crippen LogP contribution in [0.2, 0.25) is 0 Å². The minimum atomic E-state index is -0.521. The topological polar surface area (TPSA) is 67.9 Å². The van der Waals surface area contributed by atoms with Crippen LogP contribution in [0.5, 0.6) is 0 Å². The zero-order valence-electron chi connectivity index (χ0n) is 15.5. The van der Waals surface area contributed by atoms with Gasteiger partial charge in [0.2, 0.25) is 0 Å². The minimum Gasteiger partial charge on any atom is -0.444 e. The van der Waals surface area contributed by atoms with Crippen molar-refractivity contribution in [2.75, 3.05) is 20.2 Å². The van der Waals surface area contributed by atoms with E-state index in [2.05, 4.69) is 5.32 Å². The van der Waals surface area contributed by atoms with Crippen molar-refractivity contribution in [1.82, 2.24) is 10.2 Å². The molecule has 0 aromatic heterocycles. The first kappa shape index (κ1) is 19.2. The predicted molar refractivity (Wildman–Crippen MR) is 95.5 cm³/mol. The zero-order chi connectivity index (χ0) is 18.4. The Hall–Kier alpha value is -2.08. The molecule has 6 heteroatoms. The van der Waals surface area contributed by atoms with Crippen LogP contribution in [0.1, 0.15) is 49.5 Å². The van der Waals surface area contributed by atoms with Crippen LogP contribution >= 0.6 is 0 Å². The first-order valence-electron chi connectivity index (χ1n) is 8.66. The Morgan fingerprint density at radius 2 is 2.00 bits per heavy atom. The van der Waals surface area contributed by atoms with Crippen LogP contribution in [0, 0.1) is 0 Å². The van der Waals surface area contributed by atoms with Gasteiger partial charge in [0.05, 0.1) is 12.6 Å². The molecule has 0 bridgehead atoms. The number of methoxy groups -OCH3 is 1. The highest BCUT2D eigenvalue weighted by Crippen LogP contribution is 2.20. The van der Waals surface area contributed by atoms with Crippen molar-refractivity contribution in [3.8, 4) is 0 Å². The summed E-state index contributed by atoms with van der Waals surface area (Å²) in [6.07, 6.45) is 1.46. The standard InChI is InChI=1S/C19H28N2O4/c1-19(2,3)25-18(23)21-11-7-9-15(21)12-20-17(22)16-10-6-5-8-14(16)13-24-4/h5-6,8,10,15H,7,9,11-13H2,1-4H3,(H,20,22). The number of carbonyl (C=O) groups excluding carboxylic acids is 2. The van der Waals surface area contributed by atoms with E-state index in [0.717, 1.165) is 18.4 Å². The van der Waals surface area contributed by atoms with Crippen LogP contribution in [-0.4, -0.2) is 48.7 Å². The summed E-state index contributed by atoms with van der Waals surface area (Å²) in [5.74, 6) is -0.149. The monoisotopic (exact) mass is 348 g/mol. The molecule has 1 aromatic carbocycles. The Morgan fingerprint density at radius 3 is 2.68 bits per heavy atom. The van der Waals surface area contributed by atoms with Crippen LogP contribution in [-0.2, 0) is 16.1 Å². The van der Waals surface area contributed by atoms with Crippen molar-refractivity contribution in [3.05, 3.63) is 35.4 Å². The Labute approximate surface area is 149 Å². The van der Waals surface area contributed by atoms with Gasteiger partial charge < -0.3 is 19.7 Å². The highest BCUT2D eigenvalue weighted by Gasteiger charge is 2.32. The average molecular weight is 348 g/mol. The summed E-state index contributed by atoms with van der Waals surface area (Å²) in [6, 6.07) is 7.34. The second-order valence-corrected chi connectivity index (χ2v) is 7.27.